The second-order valence-electron chi connectivity index (χ2n) is 5.57. The lowest BCUT2D eigenvalue weighted by atomic mass is 9.97. The number of benzene rings is 1. The molecule has 0 spiro atoms. The van der Waals surface area contributed by atoms with E-state index in [1.165, 1.54) is 12.8 Å². The standard InChI is InChI=1S/C16H25N3O.ClH/c1-17-12-14-8-10-19(11-9-14)13-16(20)18(2)15-6-4-3-5-7-15;/h3-7,14,17H,8-13H2,1-2H3;1H. The van der Waals surface area contributed by atoms with E-state index in [-0.39, 0.29) is 18.3 Å². The first-order chi connectivity index (χ1) is 9.70. The first-order valence-corrected chi connectivity index (χ1v) is 7.39. The Kier molecular flexibility index (Phi) is 7.72. The van der Waals surface area contributed by atoms with Crippen LogP contribution in [-0.2, 0) is 4.79 Å². The third-order valence-electron chi connectivity index (χ3n) is 4.08. The molecule has 1 amide bonds. The van der Waals surface area contributed by atoms with Crippen LogP contribution in [0.25, 0.3) is 0 Å². The van der Waals surface area contributed by atoms with Gasteiger partial charge in [-0.15, -0.1) is 12.4 Å². The van der Waals surface area contributed by atoms with Gasteiger partial charge in [0.2, 0.25) is 5.91 Å². The molecule has 1 saturated heterocycles. The topological polar surface area (TPSA) is 35.6 Å². The zero-order valence-corrected chi connectivity index (χ0v) is 13.7. The van der Waals surface area contributed by atoms with Gasteiger partial charge in [-0.2, -0.15) is 0 Å². The van der Waals surface area contributed by atoms with Crippen LogP contribution in [0.2, 0.25) is 0 Å². The molecular formula is C16H26ClN3O. The van der Waals surface area contributed by atoms with Gasteiger partial charge in [0, 0.05) is 12.7 Å². The van der Waals surface area contributed by atoms with Crippen LogP contribution in [0.3, 0.4) is 0 Å². The SMILES string of the molecule is CNCC1CCN(CC(=O)N(C)c2ccccc2)CC1.Cl. The van der Waals surface area contributed by atoms with Crippen molar-refractivity contribution < 1.29 is 4.79 Å². The molecule has 21 heavy (non-hydrogen) atoms. The molecule has 1 aromatic rings. The number of nitrogens with one attached hydrogen (secondary N) is 1. The maximum Gasteiger partial charge on any atom is 0.240 e. The Morgan fingerprint density at radius 1 is 1.29 bits per heavy atom. The van der Waals surface area contributed by atoms with Gasteiger partial charge in [0.05, 0.1) is 6.54 Å². The number of likely N-dealkylation sites (N-methyl/N-ethyl adjacent to an activating group) is 1. The molecule has 0 radical (unpaired) electrons. The summed E-state index contributed by atoms with van der Waals surface area (Å²) in [5, 5.41) is 3.24. The highest BCUT2D eigenvalue weighted by Gasteiger charge is 2.21. The fraction of sp³-hybridized carbons (Fsp3) is 0.562. The lowest BCUT2D eigenvalue weighted by Gasteiger charge is -2.32. The third kappa shape index (κ3) is 5.30. The van der Waals surface area contributed by atoms with Crippen LogP contribution in [-0.4, -0.2) is 51.1 Å². The Labute approximate surface area is 133 Å². The zero-order valence-electron chi connectivity index (χ0n) is 12.9. The van der Waals surface area contributed by atoms with Crippen LogP contribution in [0.5, 0.6) is 0 Å². The van der Waals surface area contributed by atoms with Crippen molar-refractivity contribution >= 4 is 24.0 Å². The highest BCUT2D eigenvalue weighted by molar-refractivity contribution is 5.94. The first-order valence-electron chi connectivity index (χ1n) is 7.39. The zero-order chi connectivity index (χ0) is 14.4. The van der Waals surface area contributed by atoms with Crippen LogP contribution < -0.4 is 10.2 Å². The number of carbonyl (C=O) groups is 1. The van der Waals surface area contributed by atoms with E-state index in [0.717, 1.165) is 31.2 Å². The van der Waals surface area contributed by atoms with Crippen LogP contribution in [0.1, 0.15) is 12.8 Å². The van der Waals surface area contributed by atoms with E-state index in [1.54, 1.807) is 4.90 Å². The van der Waals surface area contributed by atoms with Gasteiger partial charge in [0.15, 0.2) is 0 Å². The molecule has 2 rings (SSSR count). The van der Waals surface area contributed by atoms with Gasteiger partial charge >= 0.3 is 0 Å². The molecule has 1 aliphatic rings. The van der Waals surface area contributed by atoms with Gasteiger partial charge in [-0.25, -0.2) is 0 Å². The van der Waals surface area contributed by atoms with E-state index in [0.29, 0.717) is 6.54 Å². The predicted octanol–water partition coefficient (Wildman–Crippen LogP) is 2.00. The first kappa shape index (κ1) is 18.0. The fourth-order valence-corrected chi connectivity index (χ4v) is 2.73. The molecular weight excluding hydrogens is 286 g/mol. The highest BCUT2D eigenvalue weighted by Crippen LogP contribution is 2.17. The second-order valence-corrected chi connectivity index (χ2v) is 5.57. The van der Waals surface area contributed by atoms with Crippen molar-refractivity contribution in [1.82, 2.24) is 10.2 Å². The lowest BCUT2D eigenvalue weighted by molar-refractivity contribution is -0.119. The molecule has 118 valence electrons. The van der Waals surface area contributed by atoms with Gasteiger partial charge in [-0.05, 0) is 57.6 Å². The molecule has 0 atom stereocenters. The number of hydrogen-bond acceptors (Lipinski definition) is 3. The van der Waals surface area contributed by atoms with Crippen molar-refractivity contribution in [3.8, 4) is 0 Å². The molecule has 1 fully saturated rings. The Balaban J connectivity index is 0.00000220. The monoisotopic (exact) mass is 311 g/mol. The van der Waals surface area contributed by atoms with Crippen molar-refractivity contribution in [2.45, 2.75) is 12.8 Å². The maximum atomic E-state index is 12.3. The Bertz CT molecular complexity index is 419. The third-order valence-corrected chi connectivity index (χ3v) is 4.08. The predicted molar refractivity (Wildman–Crippen MR) is 90.2 cm³/mol. The molecule has 4 nitrogen and oxygen atoms in total. The van der Waals surface area contributed by atoms with Gasteiger partial charge in [-0.1, -0.05) is 18.2 Å². The summed E-state index contributed by atoms with van der Waals surface area (Å²) < 4.78 is 0. The van der Waals surface area contributed by atoms with Crippen LogP contribution in [0.15, 0.2) is 30.3 Å². The minimum atomic E-state index is 0. The van der Waals surface area contributed by atoms with Crippen molar-refractivity contribution in [1.29, 1.82) is 0 Å². The van der Waals surface area contributed by atoms with Gasteiger partial charge in [0.1, 0.15) is 0 Å². The van der Waals surface area contributed by atoms with Crippen LogP contribution >= 0.6 is 12.4 Å². The van der Waals surface area contributed by atoms with E-state index in [1.807, 2.05) is 44.4 Å². The summed E-state index contributed by atoms with van der Waals surface area (Å²) in [6.07, 6.45) is 2.37. The van der Waals surface area contributed by atoms with E-state index in [2.05, 4.69) is 10.2 Å². The molecule has 5 heteroatoms. The summed E-state index contributed by atoms with van der Waals surface area (Å²) in [7, 11) is 3.86. The minimum absolute atomic E-state index is 0. The number of hydrogen-bond donors (Lipinski definition) is 1. The minimum Gasteiger partial charge on any atom is -0.319 e. The summed E-state index contributed by atoms with van der Waals surface area (Å²) in [5.41, 5.74) is 0.961. The Morgan fingerprint density at radius 2 is 1.90 bits per heavy atom. The number of rotatable bonds is 5. The number of amides is 1. The summed E-state index contributed by atoms with van der Waals surface area (Å²) >= 11 is 0. The molecule has 1 aliphatic heterocycles. The largest absolute Gasteiger partial charge is 0.319 e. The average Bonchev–Trinajstić information content (AvgIpc) is 2.49. The lowest BCUT2D eigenvalue weighted by Crippen LogP contribution is -2.43. The second kappa shape index (κ2) is 9.03. The van der Waals surface area contributed by atoms with Gasteiger partial charge in [-0.3, -0.25) is 9.69 Å². The number of anilines is 1. The average molecular weight is 312 g/mol. The molecule has 0 unspecified atom stereocenters. The molecule has 0 bridgehead atoms. The van der Waals surface area contributed by atoms with Gasteiger partial charge < -0.3 is 10.2 Å². The number of para-hydroxylation sites is 1. The van der Waals surface area contributed by atoms with Gasteiger partial charge in [0.25, 0.3) is 0 Å². The molecule has 0 saturated carbocycles. The quantitative estimate of drug-likeness (QED) is 0.903. The number of halogens is 1. The molecule has 0 aromatic heterocycles. The number of piperidine rings is 1. The van der Waals surface area contributed by atoms with Crippen LogP contribution in [0, 0.1) is 5.92 Å². The Morgan fingerprint density at radius 3 is 2.48 bits per heavy atom. The summed E-state index contributed by atoms with van der Waals surface area (Å²) in [6.45, 7) is 3.67. The maximum absolute atomic E-state index is 12.3. The normalized spacial score (nSPS) is 16.3. The van der Waals surface area contributed by atoms with Crippen molar-refractivity contribution in [3.05, 3.63) is 30.3 Å². The summed E-state index contributed by atoms with van der Waals surface area (Å²) in [6, 6.07) is 9.83. The molecule has 0 aliphatic carbocycles. The highest BCUT2D eigenvalue weighted by atomic mass is 35.5. The van der Waals surface area contributed by atoms with Crippen LogP contribution in [0.4, 0.5) is 5.69 Å². The van der Waals surface area contributed by atoms with E-state index < -0.39 is 0 Å². The van der Waals surface area contributed by atoms with Crippen molar-refractivity contribution in [2.75, 3.05) is 45.2 Å². The smallest absolute Gasteiger partial charge is 0.240 e. The van der Waals surface area contributed by atoms with Crippen molar-refractivity contribution in [2.24, 2.45) is 5.92 Å². The van der Waals surface area contributed by atoms with Crippen molar-refractivity contribution in [3.63, 3.8) is 0 Å². The number of nitrogens with zero attached hydrogens (tertiary/aromatic N) is 2. The van der Waals surface area contributed by atoms with E-state index in [4.69, 9.17) is 0 Å². The molecule has 1 heterocycles. The van der Waals surface area contributed by atoms with E-state index >= 15 is 0 Å². The Hall–Kier alpha value is -1.10. The molecule has 1 aromatic carbocycles. The number of carbonyl (C=O) groups excluding carboxylic acids is 1. The number of likely N-dealkylation sites (tertiary alicyclic amines) is 1. The van der Waals surface area contributed by atoms with E-state index in [9.17, 15) is 4.79 Å². The fourth-order valence-electron chi connectivity index (χ4n) is 2.73. The summed E-state index contributed by atoms with van der Waals surface area (Å²) in [4.78, 5) is 16.3. The molecule has 1 N–H and O–H groups in total. The summed E-state index contributed by atoms with van der Waals surface area (Å²) in [5.74, 6) is 0.932.